The van der Waals surface area contributed by atoms with E-state index in [4.69, 9.17) is 0 Å². The van der Waals surface area contributed by atoms with Gasteiger partial charge in [0.25, 0.3) is 0 Å². The fraction of sp³-hybridized carbons (Fsp3) is 0.571. The van der Waals surface area contributed by atoms with Crippen LogP contribution in [0.5, 0.6) is 0 Å². The number of hydrogen-bond acceptors (Lipinski definition) is 1. The maximum absolute atomic E-state index is 11.2. The van der Waals surface area contributed by atoms with Crippen molar-refractivity contribution < 1.29 is 4.79 Å². The molecule has 0 aromatic heterocycles. The predicted octanol–water partition coefficient (Wildman–Crippen LogP) is 3.51. The van der Waals surface area contributed by atoms with Gasteiger partial charge in [-0.15, -0.1) is 0 Å². The first kappa shape index (κ1) is 13.0. The zero-order chi connectivity index (χ0) is 12.0. The van der Waals surface area contributed by atoms with Gasteiger partial charge in [-0.3, -0.25) is 4.79 Å². The monoisotopic (exact) mass is 220 g/mol. The molecule has 0 spiro atoms. The van der Waals surface area contributed by atoms with Crippen molar-refractivity contribution in [3.8, 4) is 0 Å². The van der Waals surface area contributed by atoms with E-state index in [9.17, 15) is 4.79 Å². The number of carbonyl (C=O) groups excluding carboxylic acids is 1. The van der Waals surface area contributed by atoms with E-state index in [1.165, 1.54) is 11.1 Å². The molecule has 1 aliphatic rings. The Bertz CT molecular complexity index is 302. The zero-order valence-corrected chi connectivity index (χ0v) is 10.6. The number of rotatable bonds is 6. The lowest BCUT2D eigenvalue weighted by Gasteiger charge is -2.19. The smallest absolute Gasteiger partial charge is 0.217 e. The summed E-state index contributed by atoms with van der Waals surface area (Å²) in [4.78, 5) is 11.2. The molecule has 89 valence electrons. The van der Waals surface area contributed by atoms with Crippen LogP contribution in [0.2, 0.25) is 0 Å². The van der Waals surface area contributed by atoms with Crippen LogP contribution in [0.1, 0.15) is 52.9 Å². The SMILES string of the molecule is CCCC[C](NC(C)=O)C1=C(CC)C=CC1. The summed E-state index contributed by atoms with van der Waals surface area (Å²) in [6.07, 6.45) is 9.66. The topological polar surface area (TPSA) is 29.1 Å². The highest BCUT2D eigenvalue weighted by molar-refractivity contribution is 5.75. The van der Waals surface area contributed by atoms with Crippen molar-refractivity contribution in [3.05, 3.63) is 29.3 Å². The second-order valence-electron chi connectivity index (χ2n) is 4.23. The first-order valence-corrected chi connectivity index (χ1v) is 6.21. The lowest BCUT2D eigenvalue weighted by Crippen LogP contribution is -2.27. The standard InChI is InChI=1S/C14H22NO/c1-4-6-10-14(15-11(3)16)13-9-7-8-12(13)5-2/h7-8H,4-6,9-10H2,1-3H3,(H,15,16). The lowest BCUT2D eigenvalue weighted by molar-refractivity contribution is -0.118. The van der Waals surface area contributed by atoms with Gasteiger partial charge in [-0.05, 0) is 30.4 Å². The van der Waals surface area contributed by atoms with Gasteiger partial charge in [0.2, 0.25) is 5.91 Å². The fourth-order valence-corrected chi connectivity index (χ4v) is 2.05. The van der Waals surface area contributed by atoms with E-state index in [0.29, 0.717) is 0 Å². The summed E-state index contributed by atoms with van der Waals surface area (Å²) >= 11 is 0. The molecule has 2 nitrogen and oxygen atoms in total. The molecule has 0 saturated heterocycles. The number of hydrogen-bond donors (Lipinski definition) is 1. The van der Waals surface area contributed by atoms with Crippen molar-refractivity contribution in [2.75, 3.05) is 0 Å². The first-order chi connectivity index (χ1) is 7.69. The third-order valence-electron chi connectivity index (χ3n) is 2.88. The predicted molar refractivity (Wildman–Crippen MR) is 67.7 cm³/mol. The van der Waals surface area contributed by atoms with Gasteiger partial charge in [0.15, 0.2) is 0 Å². The van der Waals surface area contributed by atoms with Crippen molar-refractivity contribution in [2.24, 2.45) is 0 Å². The van der Waals surface area contributed by atoms with E-state index >= 15 is 0 Å². The Labute approximate surface area is 98.8 Å². The molecule has 0 fully saturated rings. The average Bonchev–Trinajstić information content (AvgIpc) is 2.71. The Morgan fingerprint density at radius 3 is 2.75 bits per heavy atom. The molecule has 0 unspecified atom stereocenters. The molecule has 1 N–H and O–H groups in total. The molecule has 0 bridgehead atoms. The third kappa shape index (κ3) is 3.51. The molecule has 2 heteroatoms. The molecule has 1 rings (SSSR count). The highest BCUT2D eigenvalue weighted by Crippen LogP contribution is 2.30. The number of carbonyl (C=O) groups is 1. The van der Waals surface area contributed by atoms with Gasteiger partial charge in [-0.2, -0.15) is 0 Å². The molecule has 0 heterocycles. The molecule has 1 aliphatic carbocycles. The van der Waals surface area contributed by atoms with Crippen LogP contribution in [0.3, 0.4) is 0 Å². The van der Waals surface area contributed by atoms with Crippen molar-refractivity contribution in [1.82, 2.24) is 5.32 Å². The molecule has 0 saturated carbocycles. The summed E-state index contributed by atoms with van der Waals surface area (Å²) in [7, 11) is 0. The van der Waals surface area contributed by atoms with Crippen LogP contribution in [0.25, 0.3) is 0 Å². The van der Waals surface area contributed by atoms with Crippen LogP contribution >= 0.6 is 0 Å². The number of allylic oxidation sites excluding steroid dienone is 3. The van der Waals surface area contributed by atoms with E-state index in [1.54, 1.807) is 6.92 Å². The average molecular weight is 220 g/mol. The zero-order valence-electron chi connectivity index (χ0n) is 10.6. The minimum Gasteiger partial charge on any atom is -0.344 e. The molecular weight excluding hydrogens is 198 g/mol. The van der Waals surface area contributed by atoms with Gasteiger partial charge in [-0.25, -0.2) is 0 Å². The van der Waals surface area contributed by atoms with Gasteiger partial charge in [0, 0.05) is 6.92 Å². The highest BCUT2D eigenvalue weighted by Gasteiger charge is 2.20. The van der Waals surface area contributed by atoms with E-state index in [-0.39, 0.29) is 5.91 Å². The minimum absolute atomic E-state index is 0.0426. The van der Waals surface area contributed by atoms with Gasteiger partial charge >= 0.3 is 0 Å². The summed E-state index contributed by atoms with van der Waals surface area (Å²) < 4.78 is 0. The van der Waals surface area contributed by atoms with Gasteiger partial charge in [0.1, 0.15) is 0 Å². The Hall–Kier alpha value is -1.05. The normalized spacial score (nSPS) is 15.0. The number of nitrogens with one attached hydrogen (secondary N) is 1. The number of amides is 1. The largest absolute Gasteiger partial charge is 0.344 e. The quantitative estimate of drug-likeness (QED) is 0.729. The van der Waals surface area contributed by atoms with Crippen LogP contribution in [-0.2, 0) is 4.79 Å². The summed E-state index contributed by atoms with van der Waals surface area (Å²) in [5.74, 6) is 0.0426. The first-order valence-electron chi connectivity index (χ1n) is 6.21. The summed E-state index contributed by atoms with van der Waals surface area (Å²) in [5.41, 5.74) is 2.71. The van der Waals surface area contributed by atoms with Crippen LogP contribution in [0.15, 0.2) is 23.3 Å². The summed E-state index contributed by atoms with van der Waals surface area (Å²) in [6.45, 7) is 5.92. The van der Waals surface area contributed by atoms with Crippen LogP contribution in [-0.4, -0.2) is 5.91 Å². The second kappa shape index (κ2) is 6.51. The molecule has 16 heavy (non-hydrogen) atoms. The maximum Gasteiger partial charge on any atom is 0.217 e. The maximum atomic E-state index is 11.2. The molecule has 0 aliphatic heterocycles. The summed E-state index contributed by atoms with van der Waals surface area (Å²) in [5, 5.41) is 3.00. The molecule has 0 aromatic carbocycles. The van der Waals surface area contributed by atoms with E-state index in [2.05, 4.69) is 31.3 Å². The Balaban J connectivity index is 2.71. The third-order valence-corrected chi connectivity index (χ3v) is 2.88. The Kier molecular flexibility index (Phi) is 5.30. The Morgan fingerprint density at radius 2 is 2.19 bits per heavy atom. The van der Waals surface area contributed by atoms with Gasteiger partial charge in [0.05, 0.1) is 6.04 Å². The molecular formula is C14H22NO. The lowest BCUT2D eigenvalue weighted by atomic mass is 9.96. The van der Waals surface area contributed by atoms with E-state index in [1.807, 2.05) is 0 Å². The molecule has 1 amide bonds. The Morgan fingerprint density at radius 1 is 1.44 bits per heavy atom. The van der Waals surface area contributed by atoms with Crippen molar-refractivity contribution >= 4 is 5.91 Å². The molecule has 1 radical (unpaired) electrons. The van der Waals surface area contributed by atoms with Crippen LogP contribution in [0, 0.1) is 6.04 Å². The summed E-state index contributed by atoms with van der Waals surface area (Å²) in [6, 6.07) is 1.14. The minimum atomic E-state index is 0.0426. The number of unbranched alkanes of at least 4 members (excludes halogenated alkanes) is 1. The fourth-order valence-electron chi connectivity index (χ4n) is 2.05. The molecule has 0 atom stereocenters. The van der Waals surface area contributed by atoms with Crippen molar-refractivity contribution in [2.45, 2.75) is 52.9 Å². The van der Waals surface area contributed by atoms with Crippen LogP contribution in [0.4, 0.5) is 0 Å². The van der Waals surface area contributed by atoms with Gasteiger partial charge in [-0.1, -0.05) is 38.8 Å². The van der Waals surface area contributed by atoms with E-state index < -0.39 is 0 Å². The van der Waals surface area contributed by atoms with Crippen molar-refractivity contribution in [3.63, 3.8) is 0 Å². The van der Waals surface area contributed by atoms with Crippen LogP contribution < -0.4 is 5.32 Å². The van der Waals surface area contributed by atoms with E-state index in [0.717, 1.165) is 38.1 Å². The molecule has 0 aromatic rings. The van der Waals surface area contributed by atoms with Crippen molar-refractivity contribution in [1.29, 1.82) is 0 Å². The second-order valence-corrected chi connectivity index (χ2v) is 4.23. The highest BCUT2D eigenvalue weighted by atomic mass is 16.1. The van der Waals surface area contributed by atoms with Gasteiger partial charge < -0.3 is 5.32 Å².